The molecule has 0 aromatic carbocycles. The molecule has 2 fully saturated rings. The average molecular weight is 364 g/mol. The van der Waals surface area contributed by atoms with Crippen LogP contribution < -0.4 is 0 Å². The van der Waals surface area contributed by atoms with E-state index in [1.54, 1.807) is 17.0 Å². The van der Waals surface area contributed by atoms with Crippen molar-refractivity contribution in [1.82, 2.24) is 9.80 Å². The lowest BCUT2D eigenvalue weighted by atomic mass is 9.73. The molecular formula is C18H24N2O4S. The van der Waals surface area contributed by atoms with Gasteiger partial charge in [-0.25, -0.2) is 0 Å². The Morgan fingerprint density at radius 1 is 1.24 bits per heavy atom. The molecule has 2 aliphatic rings. The molecule has 0 aliphatic carbocycles. The van der Waals surface area contributed by atoms with Crippen LogP contribution in [0.1, 0.15) is 52.0 Å². The van der Waals surface area contributed by atoms with E-state index in [4.69, 9.17) is 0 Å². The number of piperidine rings is 2. The molecule has 136 valence electrons. The van der Waals surface area contributed by atoms with E-state index in [0.717, 1.165) is 19.3 Å². The van der Waals surface area contributed by atoms with E-state index in [1.807, 2.05) is 4.90 Å². The number of carbonyl (C=O) groups is 3. The average Bonchev–Trinajstić information content (AvgIpc) is 3.08. The summed E-state index contributed by atoms with van der Waals surface area (Å²) in [6.45, 7) is 3.79. The molecule has 3 heterocycles. The lowest BCUT2D eigenvalue weighted by Gasteiger charge is -2.48. The second-order valence-corrected chi connectivity index (χ2v) is 8.17. The van der Waals surface area contributed by atoms with E-state index in [1.165, 1.54) is 18.3 Å². The maximum Gasteiger partial charge on any atom is 0.263 e. The van der Waals surface area contributed by atoms with Gasteiger partial charge in [-0.1, -0.05) is 0 Å². The van der Waals surface area contributed by atoms with Gasteiger partial charge in [-0.2, -0.15) is 0 Å². The van der Waals surface area contributed by atoms with Crippen molar-refractivity contribution in [2.75, 3.05) is 32.8 Å². The zero-order valence-electron chi connectivity index (χ0n) is 14.5. The van der Waals surface area contributed by atoms with E-state index in [9.17, 15) is 19.5 Å². The lowest BCUT2D eigenvalue weighted by molar-refractivity contribution is -0.139. The summed E-state index contributed by atoms with van der Waals surface area (Å²) in [6.07, 6.45) is 3.18. The highest BCUT2D eigenvalue weighted by Crippen LogP contribution is 2.39. The third kappa shape index (κ3) is 3.77. The summed E-state index contributed by atoms with van der Waals surface area (Å²) in [6, 6.07) is 3.44. The molecule has 2 saturated heterocycles. The molecule has 1 aromatic rings. The third-order valence-electron chi connectivity index (χ3n) is 5.23. The fourth-order valence-corrected chi connectivity index (χ4v) is 4.81. The number of aliphatic hydroxyl groups is 1. The van der Waals surface area contributed by atoms with Gasteiger partial charge in [0.1, 0.15) is 0 Å². The molecule has 7 heteroatoms. The quantitative estimate of drug-likeness (QED) is 0.826. The molecule has 0 radical (unpaired) electrons. The zero-order chi connectivity index (χ0) is 18.0. The van der Waals surface area contributed by atoms with Crippen LogP contribution in [0.15, 0.2) is 12.1 Å². The summed E-state index contributed by atoms with van der Waals surface area (Å²) in [5, 5.41) is 9.17. The first-order chi connectivity index (χ1) is 11.9. The van der Waals surface area contributed by atoms with Crippen molar-refractivity contribution < 1.29 is 19.5 Å². The van der Waals surface area contributed by atoms with Crippen LogP contribution >= 0.6 is 11.3 Å². The summed E-state index contributed by atoms with van der Waals surface area (Å²) in [5.74, 6) is 0.0410. The smallest absolute Gasteiger partial charge is 0.263 e. The topological polar surface area (TPSA) is 77.9 Å². The second-order valence-electron chi connectivity index (χ2n) is 7.09. The number of likely N-dealkylation sites (tertiary alicyclic amines) is 2. The predicted octanol–water partition coefficient (Wildman–Crippen LogP) is 1.79. The van der Waals surface area contributed by atoms with Gasteiger partial charge in [0, 0.05) is 38.0 Å². The van der Waals surface area contributed by atoms with E-state index in [0.29, 0.717) is 42.4 Å². The molecule has 1 aromatic heterocycles. The highest BCUT2D eigenvalue weighted by atomic mass is 32.1. The molecule has 2 aliphatic heterocycles. The Bertz CT molecular complexity index is 686. The van der Waals surface area contributed by atoms with Crippen LogP contribution in [0.3, 0.4) is 0 Å². The largest absolute Gasteiger partial charge is 0.395 e. The minimum atomic E-state index is -0.0718. The molecule has 0 saturated carbocycles. The maximum atomic E-state index is 12.8. The van der Waals surface area contributed by atoms with Crippen LogP contribution in [-0.2, 0) is 4.79 Å². The number of hydrogen-bond acceptors (Lipinski definition) is 5. The summed E-state index contributed by atoms with van der Waals surface area (Å²) < 4.78 is 0. The van der Waals surface area contributed by atoms with E-state index in [-0.39, 0.29) is 29.6 Å². The van der Waals surface area contributed by atoms with Gasteiger partial charge < -0.3 is 14.9 Å². The van der Waals surface area contributed by atoms with Crippen LogP contribution in [-0.4, -0.2) is 65.3 Å². The summed E-state index contributed by atoms with van der Waals surface area (Å²) in [4.78, 5) is 41.1. The number of amides is 2. The monoisotopic (exact) mass is 364 g/mol. The number of rotatable bonds is 4. The van der Waals surface area contributed by atoms with Crippen molar-refractivity contribution in [3.63, 3.8) is 0 Å². The number of thiophene rings is 1. The fourth-order valence-electron chi connectivity index (χ4n) is 3.94. The van der Waals surface area contributed by atoms with E-state index in [2.05, 4.69) is 0 Å². The van der Waals surface area contributed by atoms with Crippen LogP contribution in [0, 0.1) is 5.41 Å². The van der Waals surface area contributed by atoms with Gasteiger partial charge in [0.15, 0.2) is 5.78 Å². The van der Waals surface area contributed by atoms with E-state index < -0.39 is 0 Å². The fraction of sp³-hybridized carbons (Fsp3) is 0.611. The lowest BCUT2D eigenvalue weighted by Crippen LogP contribution is -2.55. The molecule has 1 spiro atoms. The molecule has 2 amide bonds. The number of hydrogen-bond donors (Lipinski definition) is 1. The van der Waals surface area contributed by atoms with Crippen molar-refractivity contribution in [3.05, 3.63) is 21.9 Å². The van der Waals surface area contributed by atoms with Gasteiger partial charge in [-0.3, -0.25) is 14.4 Å². The second kappa shape index (κ2) is 7.25. The van der Waals surface area contributed by atoms with Gasteiger partial charge in [-0.05, 0) is 38.3 Å². The van der Waals surface area contributed by atoms with Crippen molar-refractivity contribution >= 4 is 28.9 Å². The van der Waals surface area contributed by atoms with Crippen molar-refractivity contribution in [2.24, 2.45) is 5.41 Å². The highest BCUT2D eigenvalue weighted by Gasteiger charge is 2.42. The molecule has 1 N–H and O–H groups in total. The Labute approximate surface area is 151 Å². The number of nitrogens with zero attached hydrogens (tertiary/aromatic N) is 2. The first-order valence-electron chi connectivity index (χ1n) is 8.73. The number of Topliss-reactive ketones (excluding diaryl/α,β-unsaturated/α-hetero) is 1. The standard InChI is InChI=1S/C18H24N2O4S/c1-13(22)14-3-4-15(25-14)17(24)20-8-2-6-18(12-20)7-5-16(23)19(11-18)9-10-21/h3-4,21H,2,5-12H2,1H3. The first-order valence-corrected chi connectivity index (χ1v) is 9.54. The Kier molecular flexibility index (Phi) is 5.24. The molecule has 0 bridgehead atoms. The minimum absolute atomic E-state index is 0.0235. The Morgan fingerprint density at radius 2 is 2.00 bits per heavy atom. The van der Waals surface area contributed by atoms with Gasteiger partial charge >= 0.3 is 0 Å². The molecule has 6 nitrogen and oxygen atoms in total. The number of ketones is 1. The molecule has 25 heavy (non-hydrogen) atoms. The molecule has 3 rings (SSSR count). The van der Waals surface area contributed by atoms with Gasteiger partial charge in [0.2, 0.25) is 5.91 Å². The van der Waals surface area contributed by atoms with Gasteiger partial charge in [-0.15, -0.1) is 11.3 Å². The molecule has 1 unspecified atom stereocenters. The Morgan fingerprint density at radius 3 is 2.68 bits per heavy atom. The van der Waals surface area contributed by atoms with Gasteiger partial charge in [0.05, 0.1) is 16.4 Å². The van der Waals surface area contributed by atoms with Crippen LogP contribution in [0.25, 0.3) is 0 Å². The number of β-amino-alcohol motifs (C(OH)–C–C–N with tert-alkyl or cyclic N) is 1. The van der Waals surface area contributed by atoms with Crippen LogP contribution in [0.2, 0.25) is 0 Å². The van der Waals surface area contributed by atoms with Crippen molar-refractivity contribution in [3.8, 4) is 0 Å². The Hall–Kier alpha value is -1.73. The van der Waals surface area contributed by atoms with Crippen molar-refractivity contribution in [2.45, 2.75) is 32.6 Å². The minimum Gasteiger partial charge on any atom is -0.395 e. The van der Waals surface area contributed by atoms with Gasteiger partial charge in [0.25, 0.3) is 5.91 Å². The van der Waals surface area contributed by atoms with E-state index >= 15 is 0 Å². The maximum absolute atomic E-state index is 12.8. The van der Waals surface area contributed by atoms with Crippen LogP contribution in [0.4, 0.5) is 0 Å². The highest BCUT2D eigenvalue weighted by molar-refractivity contribution is 7.15. The number of carbonyl (C=O) groups excluding carboxylic acids is 3. The molecular weight excluding hydrogens is 340 g/mol. The normalized spacial score (nSPS) is 24.0. The molecule has 1 atom stereocenters. The summed E-state index contributed by atoms with van der Waals surface area (Å²) in [5.41, 5.74) is -0.0718. The summed E-state index contributed by atoms with van der Waals surface area (Å²) in [7, 11) is 0. The van der Waals surface area contributed by atoms with Crippen molar-refractivity contribution in [1.29, 1.82) is 0 Å². The third-order valence-corrected chi connectivity index (χ3v) is 6.40. The first kappa shape index (κ1) is 18.1. The summed E-state index contributed by atoms with van der Waals surface area (Å²) >= 11 is 1.25. The SMILES string of the molecule is CC(=O)c1ccc(C(=O)N2CCCC3(CCC(=O)N(CCO)C3)C2)s1. The number of aliphatic hydroxyl groups excluding tert-OH is 1. The Balaban J connectivity index is 1.72. The zero-order valence-corrected chi connectivity index (χ0v) is 15.3. The predicted molar refractivity (Wildman–Crippen MR) is 94.8 cm³/mol. The van der Waals surface area contributed by atoms with Crippen LogP contribution in [0.5, 0.6) is 0 Å².